The molecular weight excluding hydrogens is 192 g/mol. The molecule has 0 heterocycles. The highest BCUT2D eigenvalue weighted by atomic mass is 14.3. The molecule has 0 nitrogen and oxygen atoms in total. The first-order valence-corrected chi connectivity index (χ1v) is 7.25. The van der Waals surface area contributed by atoms with Crippen molar-refractivity contribution in [1.82, 2.24) is 0 Å². The fraction of sp³-hybridized carbons (Fsp3) is 0.875. The molecule has 0 aromatic heterocycles. The number of hydrogen-bond acceptors (Lipinski definition) is 0. The van der Waals surface area contributed by atoms with Crippen LogP contribution in [0.25, 0.3) is 0 Å². The molecule has 0 bridgehead atoms. The van der Waals surface area contributed by atoms with Crippen LogP contribution in [0, 0.1) is 17.3 Å². The zero-order valence-electron chi connectivity index (χ0n) is 11.4. The van der Waals surface area contributed by atoms with Crippen LogP contribution in [0.4, 0.5) is 0 Å². The standard InChI is InChI=1S/C16H28/c1-13-9-15(12-16(2,3)11-13)10-14-7-5-4-6-8-14/h10,13-14H,4-9,11-12H2,1-3H3. The normalized spacial score (nSPS) is 34.2. The van der Waals surface area contributed by atoms with Gasteiger partial charge in [-0.2, -0.15) is 0 Å². The van der Waals surface area contributed by atoms with Crippen LogP contribution in [0.2, 0.25) is 0 Å². The largest absolute Gasteiger partial charge is 0.0822 e. The summed E-state index contributed by atoms with van der Waals surface area (Å²) >= 11 is 0. The molecule has 1 atom stereocenters. The van der Waals surface area contributed by atoms with E-state index >= 15 is 0 Å². The summed E-state index contributed by atoms with van der Waals surface area (Å²) in [5, 5.41) is 0. The van der Waals surface area contributed by atoms with E-state index in [4.69, 9.17) is 0 Å². The highest BCUT2D eigenvalue weighted by Gasteiger charge is 2.28. The van der Waals surface area contributed by atoms with E-state index in [1.54, 1.807) is 5.57 Å². The highest BCUT2D eigenvalue weighted by Crippen LogP contribution is 2.42. The minimum atomic E-state index is 0.554. The van der Waals surface area contributed by atoms with Gasteiger partial charge in [0, 0.05) is 0 Å². The van der Waals surface area contributed by atoms with E-state index in [-0.39, 0.29) is 0 Å². The van der Waals surface area contributed by atoms with Gasteiger partial charge in [0.2, 0.25) is 0 Å². The lowest BCUT2D eigenvalue weighted by Gasteiger charge is -2.36. The molecule has 2 fully saturated rings. The summed E-state index contributed by atoms with van der Waals surface area (Å²) in [6, 6.07) is 0. The maximum atomic E-state index is 2.66. The minimum Gasteiger partial charge on any atom is -0.0822 e. The first kappa shape index (κ1) is 12.2. The molecule has 0 spiro atoms. The summed E-state index contributed by atoms with van der Waals surface area (Å²) in [7, 11) is 0. The predicted molar refractivity (Wildman–Crippen MR) is 71.5 cm³/mol. The van der Waals surface area contributed by atoms with Gasteiger partial charge >= 0.3 is 0 Å². The average molecular weight is 220 g/mol. The van der Waals surface area contributed by atoms with Crippen LogP contribution >= 0.6 is 0 Å². The third-order valence-electron chi connectivity index (χ3n) is 4.34. The monoisotopic (exact) mass is 220 g/mol. The number of rotatable bonds is 1. The Balaban J connectivity index is 1.99. The Morgan fingerprint density at radius 2 is 1.81 bits per heavy atom. The van der Waals surface area contributed by atoms with Gasteiger partial charge in [0.15, 0.2) is 0 Å². The highest BCUT2D eigenvalue weighted by molar-refractivity contribution is 5.11. The Hall–Kier alpha value is -0.260. The van der Waals surface area contributed by atoms with Crippen molar-refractivity contribution in [3.63, 3.8) is 0 Å². The fourth-order valence-corrected chi connectivity index (χ4v) is 3.98. The summed E-state index contributed by atoms with van der Waals surface area (Å²) < 4.78 is 0. The second-order valence-corrected chi connectivity index (χ2v) is 7.08. The zero-order valence-corrected chi connectivity index (χ0v) is 11.4. The Kier molecular flexibility index (Phi) is 3.77. The fourth-order valence-electron chi connectivity index (χ4n) is 3.98. The van der Waals surface area contributed by atoms with Crippen molar-refractivity contribution in [3.8, 4) is 0 Å². The van der Waals surface area contributed by atoms with Gasteiger partial charge in [-0.25, -0.2) is 0 Å². The van der Waals surface area contributed by atoms with Gasteiger partial charge in [-0.05, 0) is 49.4 Å². The zero-order chi connectivity index (χ0) is 11.6. The van der Waals surface area contributed by atoms with Gasteiger partial charge in [-0.15, -0.1) is 0 Å². The molecule has 0 aromatic rings. The molecule has 2 saturated carbocycles. The van der Waals surface area contributed by atoms with Crippen molar-refractivity contribution in [1.29, 1.82) is 0 Å². The van der Waals surface area contributed by atoms with Gasteiger partial charge in [0.1, 0.15) is 0 Å². The summed E-state index contributed by atoms with van der Waals surface area (Å²) in [6.45, 7) is 7.31. The summed E-state index contributed by atoms with van der Waals surface area (Å²) in [5.74, 6) is 1.82. The molecule has 2 aliphatic rings. The van der Waals surface area contributed by atoms with Crippen molar-refractivity contribution in [2.24, 2.45) is 17.3 Å². The molecule has 0 aromatic carbocycles. The Bertz CT molecular complexity index is 253. The van der Waals surface area contributed by atoms with E-state index in [2.05, 4.69) is 26.8 Å². The first-order valence-electron chi connectivity index (χ1n) is 7.25. The Morgan fingerprint density at radius 3 is 2.44 bits per heavy atom. The van der Waals surface area contributed by atoms with Crippen LogP contribution < -0.4 is 0 Å². The Morgan fingerprint density at radius 1 is 1.12 bits per heavy atom. The topological polar surface area (TPSA) is 0 Å². The predicted octanol–water partition coefficient (Wildman–Crippen LogP) is 5.34. The second-order valence-electron chi connectivity index (χ2n) is 7.08. The minimum absolute atomic E-state index is 0.554. The van der Waals surface area contributed by atoms with Gasteiger partial charge in [-0.3, -0.25) is 0 Å². The van der Waals surface area contributed by atoms with Crippen LogP contribution in [0.3, 0.4) is 0 Å². The third kappa shape index (κ3) is 3.37. The van der Waals surface area contributed by atoms with Gasteiger partial charge in [0.05, 0.1) is 0 Å². The van der Waals surface area contributed by atoms with E-state index in [1.807, 2.05) is 0 Å². The molecule has 16 heavy (non-hydrogen) atoms. The summed E-state index contributed by atoms with van der Waals surface area (Å²) in [4.78, 5) is 0. The number of hydrogen-bond donors (Lipinski definition) is 0. The lowest BCUT2D eigenvalue weighted by molar-refractivity contribution is 0.232. The molecule has 0 saturated heterocycles. The average Bonchev–Trinajstić information content (AvgIpc) is 2.15. The van der Waals surface area contributed by atoms with E-state index in [0.717, 1.165) is 11.8 Å². The van der Waals surface area contributed by atoms with Crippen molar-refractivity contribution >= 4 is 0 Å². The first-order chi connectivity index (χ1) is 7.55. The van der Waals surface area contributed by atoms with Crippen LogP contribution in [0.5, 0.6) is 0 Å². The quantitative estimate of drug-likeness (QED) is 0.523. The van der Waals surface area contributed by atoms with Crippen molar-refractivity contribution < 1.29 is 0 Å². The number of allylic oxidation sites excluding steroid dienone is 2. The van der Waals surface area contributed by atoms with E-state index in [1.165, 1.54) is 51.4 Å². The van der Waals surface area contributed by atoms with Crippen molar-refractivity contribution in [3.05, 3.63) is 11.6 Å². The molecule has 2 aliphatic carbocycles. The summed E-state index contributed by atoms with van der Waals surface area (Å²) in [6.07, 6.45) is 14.1. The van der Waals surface area contributed by atoms with Crippen LogP contribution in [-0.4, -0.2) is 0 Å². The molecule has 0 radical (unpaired) electrons. The molecular formula is C16H28. The SMILES string of the molecule is CC1CC(=CC2CCCCC2)CC(C)(C)C1. The van der Waals surface area contributed by atoms with E-state index < -0.39 is 0 Å². The van der Waals surface area contributed by atoms with Crippen LogP contribution in [0.1, 0.15) is 72.1 Å². The van der Waals surface area contributed by atoms with Crippen molar-refractivity contribution in [2.75, 3.05) is 0 Å². The van der Waals surface area contributed by atoms with E-state index in [9.17, 15) is 0 Å². The van der Waals surface area contributed by atoms with Crippen LogP contribution in [-0.2, 0) is 0 Å². The smallest absolute Gasteiger partial charge is 0.0231 e. The molecule has 92 valence electrons. The Labute approximate surface area is 102 Å². The third-order valence-corrected chi connectivity index (χ3v) is 4.34. The molecule has 2 rings (SSSR count). The van der Waals surface area contributed by atoms with Crippen molar-refractivity contribution in [2.45, 2.75) is 72.1 Å². The molecule has 0 N–H and O–H groups in total. The molecule has 1 unspecified atom stereocenters. The lowest BCUT2D eigenvalue weighted by Crippen LogP contribution is -2.23. The second kappa shape index (κ2) is 4.94. The van der Waals surface area contributed by atoms with Gasteiger partial charge in [-0.1, -0.05) is 51.7 Å². The van der Waals surface area contributed by atoms with Gasteiger partial charge < -0.3 is 0 Å². The summed E-state index contributed by atoms with van der Waals surface area (Å²) in [5.41, 5.74) is 2.33. The maximum Gasteiger partial charge on any atom is -0.0231 e. The molecule has 0 amide bonds. The lowest BCUT2D eigenvalue weighted by atomic mass is 9.69. The van der Waals surface area contributed by atoms with Crippen LogP contribution in [0.15, 0.2) is 11.6 Å². The molecule has 0 aliphatic heterocycles. The maximum absolute atomic E-state index is 2.66. The van der Waals surface area contributed by atoms with E-state index in [0.29, 0.717) is 5.41 Å². The molecule has 0 heteroatoms. The van der Waals surface area contributed by atoms with Gasteiger partial charge in [0.25, 0.3) is 0 Å².